The van der Waals surface area contributed by atoms with Gasteiger partial charge in [0.05, 0.1) is 43.3 Å². The van der Waals surface area contributed by atoms with Crippen LogP contribution >= 0.6 is 0 Å². The topological polar surface area (TPSA) is 84.9 Å². The lowest BCUT2D eigenvalue weighted by Gasteiger charge is -2.45. The summed E-state index contributed by atoms with van der Waals surface area (Å²) in [5.74, 6) is -0.252. The lowest BCUT2D eigenvalue weighted by molar-refractivity contribution is -0.200. The Morgan fingerprint density at radius 3 is 2.50 bits per heavy atom. The first-order valence-corrected chi connectivity index (χ1v) is 12.9. The summed E-state index contributed by atoms with van der Waals surface area (Å²) >= 11 is 0. The highest BCUT2D eigenvalue weighted by atomic mass is 32.2. The molecule has 0 unspecified atom stereocenters. The number of sulfonamides is 1. The number of aliphatic hydroxyl groups is 1. The molecule has 2 aliphatic heterocycles. The van der Waals surface area contributed by atoms with Crippen LogP contribution in [0.2, 0.25) is 0 Å². The fourth-order valence-corrected chi connectivity index (χ4v) is 5.48. The molecule has 0 aromatic heterocycles. The SMILES string of the molecule is CS(=O)(=O)N[C@@H]1C[C@@H]2O[C@@H](CO)CC[C@@H]2O[C@@H]1CCc1ccc(-c2ccccc2F)cc1. The van der Waals surface area contributed by atoms with Crippen molar-refractivity contribution in [1.82, 2.24) is 4.72 Å². The van der Waals surface area contributed by atoms with Gasteiger partial charge in [0.15, 0.2) is 0 Å². The minimum absolute atomic E-state index is 0.0420. The maximum atomic E-state index is 14.0. The first-order chi connectivity index (χ1) is 15.3. The predicted octanol–water partition coefficient (Wildman–Crippen LogP) is 3.04. The van der Waals surface area contributed by atoms with Crippen LogP contribution in [-0.4, -0.2) is 56.8 Å². The second-order valence-electron chi connectivity index (χ2n) is 8.72. The van der Waals surface area contributed by atoms with Crippen LogP contribution in [0.4, 0.5) is 4.39 Å². The van der Waals surface area contributed by atoms with E-state index >= 15 is 0 Å². The number of ether oxygens (including phenoxy) is 2. The average molecular weight is 464 g/mol. The van der Waals surface area contributed by atoms with Crippen LogP contribution < -0.4 is 4.72 Å². The minimum Gasteiger partial charge on any atom is -0.394 e. The zero-order valence-electron chi connectivity index (χ0n) is 18.1. The molecule has 8 heteroatoms. The molecule has 5 atom stereocenters. The van der Waals surface area contributed by atoms with E-state index in [1.165, 1.54) is 6.07 Å². The molecule has 2 saturated heterocycles. The second kappa shape index (κ2) is 9.97. The van der Waals surface area contributed by atoms with Crippen LogP contribution in [0.1, 0.15) is 31.2 Å². The normalized spacial score (nSPS) is 28.3. The molecular formula is C24H30FNO5S. The first kappa shape index (κ1) is 23.3. The third-order valence-electron chi connectivity index (χ3n) is 6.27. The Labute approximate surface area is 188 Å². The molecule has 0 saturated carbocycles. The number of benzene rings is 2. The number of aliphatic hydroxyl groups excluding tert-OH is 1. The van der Waals surface area contributed by atoms with Gasteiger partial charge in [0, 0.05) is 5.56 Å². The summed E-state index contributed by atoms with van der Waals surface area (Å²) in [7, 11) is -3.41. The van der Waals surface area contributed by atoms with Gasteiger partial charge in [-0.15, -0.1) is 0 Å². The minimum atomic E-state index is -3.41. The predicted molar refractivity (Wildman–Crippen MR) is 120 cm³/mol. The van der Waals surface area contributed by atoms with Crippen molar-refractivity contribution >= 4 is 10.0 Å². The quantitative estimate of drug-likeness (QED) is 0.659. The zero-order chi connectivity index (χ0) is 22.7. The van der Waals surface area contributed by atoms with Crippen molar-refractivity contribution in [2.24, 2.45) is 0 Å². The molecule has 2 N–H and O–H groups in total. The van der Waals surface area contributed by atoms with E-state index in [-0.39, 0.29) is 42.9 Å². The van der Waals surface area contributed by atoms with Crippen molar-refractivity contribution in [3.05, 3.63) is 59.9 Å². The van der Waals surface area contributed by atoms with Gasteiger partial charge in [-0.25, -0.2) is 17.5 Å². The molecule has 174 valence electrons. The van der Waals surface area contributed by atoms with Crippen molar-refractivity contribution in [3.8, 4) is 11.1 Å². The van der Waals surface area contributed by atoms with Gasteiger partial charge in [-0.05, 0) is 49.3 Å². The molecule has 6 nitrogen and oxygen atoms in total. The van der Waals surface area contributed by atoms with Crippen LogP contribution in [0.3, 0.4) is 0 Å². The van der Waals surface area contributed by atoms with Crippen molar-refractivity contribution < 1.29 is 27.4 Å². The van der Waals surface area contributed by atoms with Crippen LogP contribution in [0.15, 0.2) is 48.5 Å². The summed E-state index contributed by atoms with van der Waals surface area (Å²) in [5, 5.41) is 9.41. The van der Waals surface area contributed by atoms with E-state index < -0.39 is 10.0 Å². The first-order valence-electron chi connectivity index (χ1n) is 11.1. The third-order valence-corrected chi connectivity index (χ3v) is 7.00. The van der Waals surface area contributed by atoms with Gasteiger partial charge in [-0.2, -0.15) is 0 Å². The fourth-order valence-electron chi connectivity index (χ4n) is 4.68. The zero-order valence-corrected chi connectivity index (χ0v) is 18.9. The lowest BCUT2D eigenvalue weighted by Crippen LogP contribution is -2.57. The monoisotopic (exact) mass is 463 g/mol. The van der Waals surface area contributed by atoms with E-state index in [1.807, 2.05) is 30.3 Å². The Bertz CT molecular complexity index is 1010. The highest BCUT2D eigenvalue weighted by Crippen LogP contribution is 2.33. The van der Waals surface area contributed by atoms with E-state index in [2.05, 4.69) is 4.72 Å². The maximum absolute atomic E-state index is 14.0. The van der Waals surface area contributed by atoms with Crippen LogP contribution in [0.5, 0.6) is 0 Å². The highest BCUT2D eigenvalue weighted by Gasteiger charge is 2.42. The molecule has 2 fully saturated rings. The van der Waals surface area contributed by atoms with Crippen molar-refractivity contribution in [2.75, 3.05) is 12.9 Å². The van der Waals surface area contributed by atoms with Crippen LogP contribution in [0, 0.1) is 5.82 Å². The largest absolute Gasteiger partial charge is 0.394 e. The lowest BCUT2D eigenvalue weighted by atomic mass is 9.88. The Hall–Kier alpha value is -1.84. The van der Waals surface area contributed by atoms with E-state index in [1.54, 1.807) is 12.1 Å². The molecule has 2 heterocycles. The van der Waals surface area contributed by atoms with E-state index in [4.69, 9.17) is 9.47 Å². The van der Waals surface area contributed by atoms with E-state index in [0.29, 0.717) is 24.8 Å². The number of hydrogen-bond donors (Lipinski definition) is 2. The molecule has 0 spiro atoms. The highest BCUT2D eigenvalue weighted by molar-refractivity contribution is 7.88. The number of halogens is 1. The molecule has 2 aliphatic rings. The van der Waals surface area contributed by atoms with Gasteiger partial charge in [0.25, 0.3) is 0 Å². The summed E-state index contributed by atoms with van der Waals surface area (Å²) < 4.78 is 52.8. The second-order valence-corrected chi connectivity index (χ2v) is 10.5. The summed E-state index contributed by atoms with van der Waals surface area (Å²) in [6.45, 7) is -0.0420. The number of hydrogen-bond acceptors (Lipinski definition) is 5. The van der Waals surface area contributed by atoms with Gasteiger partial charge in [-0.3, -0.25) is 0 Å². The maximum Gasteiger partial charge on any atom is 0.209 e. The van der Waals surface area contributed by atoms with Gasteiger partial charge in [0.2, 0.25) is 10.0 Å². The van der Waals surface area contributed by atoms with Gasteiger partial charge in [-0.1, -0.05) is 42.5 Å². The molecule has 2 aromatic carbocycles. The number of fused-ring (bicyclic) bond motifs is 1. The molecule has 0 amide bonds. The Kier molecular flexibility index (Phi) is 7.27. The van der Waals surface area contributed by atoms with Gasteiger partial charge >= 0.3 is 0 Å². The molecule has 0 aliphatic carbocycles. The van der Waals surface area contributed by atoms with Crippen molar-refractivity contribution in [1.29, 1.82) is 0 Å². The summed E-state index contributed by atoms with van der Waals surface area (Å²) in [4.78, 5) is 0. The molecule has 4 rings (SSSR count). The van der Waals surface area contributed by atoms with Crippen molar-refractivity contribution in [2.45, 2.75) is 62.6 Å². The number of nitrogens with one attached hydrogen (secondary N) is 1. The fraction of sp³-hybridized carbons (Fsp3) is 0.500. The Morgan fingerprint density at radius 2 is 1.81 bits per heavy atom. The summed E-state index contributed by atoms with van der Waals surface area (Å²) in [6, 6.07) is 14.1. The summed E-state index contributed by atoms with van der Waals surface area (Å²) in [5.41, 5.74) is 2.46. The number of aryl methyl sites for hydroxylation is 1. The number of rotatable bonds is 7. The molecule has 32 heavy (non-hydrogen) atoms. The van der Waals surface area contributed by atoms with Crippen molar-refractivity contribution in [3.63, 3.8) is 0 Å². The standard InChI is InChI=1S/C24H30FNO5S/c1-32(28,29)26-21-14-24-23(13-11-18(15-27)30-24)31-22(21)12-8-16-6-9-17(10-7-16)19-4-2-3-5-20(19)25/h2-7,9-10,18,21-24,26-27H,8,11-15H2,1H3/t18-,21-,22-,23+,24+/m1/s1. The smallest absolute Gasteiger partial charge is 0.209 e. The van der Waals surface area contributed by atoms with Crippen LogP contribution in [-0.2, 0) is 25.9 Å². The third kappa shape index (κ3) is 5.74. The molecular weight excluding hydrogens is 433 g/mol. The molecule has 0 bridgehead atoms. The molecule has 0 radical (unpaired) electrons. The van der Waals surface area contributed by atoms with E-state index in [9.17, 15) is 17.9 Å². The van der Waals surface area contributed by atoms with Gasteiger partial charge in [0.1, 0.15) is 5.82 Å². The molecule has 2 aromatic rings. The van der Waals surface area contributed by atoms with Crippen LogP contribution in [0.25, 0.3) is 11.1 Å². The Balaban J connectivity index is 1.43. The van der Waals surface area contributed by atoms with Gasteiger partial charge < -0.3 is 14.6 Å². The average Bonchev–Trinajstić information content (AvgIpc) is 2.77. The summed E-state index contributed by atoms with van der Waals surface area (Å²) in [6.07, 6.45) is 3.73. The van der Waals surface area contributed by atoms with E-state index in [0.717, 1.165) is 30.2 Å². The Morgan fingerprint density at radius 1 is 1.06 bits per heavy atom.